The smallest absolute Gasteiger partial charge is 0.413 e. The summed E-state index contributed by atoms with van der Waals surface area (Å²) in [5.41, 5.74) is 1.15. The number of alkyl carbamates (subject to hydrolysis) is 1. The maximum absolute atomic E-state index is 13.1. The monoisotopic (exact) mass is 479 g/mol. The average Bonchev–Trinajstić information content (AvgIpc) is 2.73. The Kier molecular flexibility index (Phi) is 7.95. The molecular weight excluding hydrogens is 461 g/mol. The molecule has 31 heavy (non-hydrogen) atoms. The van der Waals surface area contributed by atoms with E-state index in [1.165, 1.54) is 4.57 Å². The number of aryl methyl sites for hydroxylation is 1. The molecule has 162 valence electrons. The summed E-state index contributed by atoms with van der Waals surface area (Å²) < 4.78 is 6.21. The summed E-state index contributed by atoms with van der Waals surface area (Å²) in [6, 6.07) is 12.2. The van der Waals surface area contributed by atoms with Gasteiger partial charge in [0, 0.05) is 16.6 Å². The van der Waals surface area contributed by atoms with Gasteiger partial charge in [0.15, 0.2) is 5.16 Å². The van der Waals surface area contributed by atoms with E-state index in [1.54, 1.807) is 43.3 Å². The van der Waals surface area contributed by atoms with E-state index >= 15 is 0 Å². The second-order valence-corrected chi connectivity index (χ2v) is 8.20. The summed E-state index contributed by atoms with van der Waals surface area (Å²) in [5, 5.41) is 4.01. The topological polar surface area (TPSA) is 90.3 Å². The van der Waals surface area contributed by atoms with E-state index in [0.717, 1.165) is 17.3 Å². The van der Waals surface area contributed by atoms with Crippen LogP contribution in [0.3, 0.4) is 0 Å². The van der Waals surface area contributed by atoms with Crippen LogP contribution in [0.1, 0.15) is 12.5 Å². The van der Waals surface area contributed by atoms with Crippen molar-refractivity contribution >= 4 is 57.9 Å². The number of rotatable bonds is 7. The van der Waals surface area contributed by atoms with E-state index in [2.05, 4.69) is 10.3 Å². The molecule has 0 atom stereocenters. The highest BCUT2D eigenvalue weighted by molar-refractivity contribution is 7.99. The van der Waals surface area contributed by atoms with Crippen LogP contribution in [0, 0.1) is 0 Å². The summed E-state index contributed by atoms with van der Waals surface area (Å²) in [5.74, 6) is -0.649. The highest BCUT2D eigenvalue weighted by Gasteiger charge is 2.15. The van der Waals surface area contributed by atoms with Gasteiger partial charge in [-0.2, -0.15) is 0 Å². The first-order chi connectivity index (χ1) is 14.9. The van der Waals surface area contributed by atoms with Gasteiger partial charge in [-0.3, -0.25) is 19.5 Å². The van der Waals surface area contributed by atoms with Crippen molar-refractivity contribution in [3.05, 3.63) is 68.4 Å². The van der Waals surface area contributed by atoms with Gasteiger partial charge < -0.3 is 4.74 Å². The molecule has 3 aromatic rings. The van der Waals surface area contributed by atoms with Crippen molar-refractivity contribution in [2.45, 2.75) is 25.0 Å². The lowest BCUT2D eigenvalue weighted by Crippen LogP contribution is -2.32. The molecule has 0 saturated heterocycles. The van der Waals surface area contributed by atoms with Crippen LogP contribution in [0.4, 0.5) is 4.79 Å². The number of carbonyl (C=O) groups excluding carboxylic acids is 2. The average molecular weight is 480 g/mol. The Labute approximate surface area is 192 Å². The molecule has 1 N–H and O–H groups in total. The number of carbonyl (C=O) groups is 2. The molecule has 0 radical (unpaired) electrons. The van der Waals surface area contributed by atoms with Crippen molar-refractivity contribution < 1.29 is 14.3 Å². The fraction of sp³-hybridized carbons (Fsp3) is 0.238. The van der Waals surface area contributed by atoms with Crippen molar-refractivity contribution in [2.24, 2.45) is 0 Å². The number of halogens is 2. The number of nitrogens with one attached hydrogen (secondary N) is 1. The van der Waals surface area contributed by atoms with E-state index in [-0.39, 0.29) is 17.9 Å². The lowest BCUT2D eigenvalue weighted by molar-refractivity contribution is -0.117. The van der Waals surface area contributed by atoms with E-state index < -0.39 is 12.0 Å². The quantitative estimate of drug-likeness (QED) is 0.401. The van der Waals surface area contributed by atoms with E-state index in [4.69, 9.17) is 27.9 Å². The summed E-state index contributed by atoms with van der Waals surface area (Å²) in [7, 11) is 0. The Morgan fingerprint density at radius 2 is 1.97 bits per heavy atom. The normalized spacial score (nSPS) is 10.8. The van der Waals surface area contributed by atoms with Crippen LogP contribution in [0.5, 0.6) is 0 Å². The number of nitrogens with zero attached hydrogens (tertiary/aromatic N) is 2. The first kappa shape index (κ1) is 23.1. The fourth-order valence-corrected chi connectivity index (χ4v) is 4.19. The first-order valence-corrected chi connectivity index (χ1v) is 11.2. The minimum atomic E-state index is -0.811. The largest absolute Gasteiger partial charge is 0.450 e. The van der Waals surface area contributed by atoms with Gasteiger partial charge in [0.05, 0.1) is 23.3 Å². The predicted molar refractivity (Wildman–Crippen MR) is 122 cm³/mol. The number of aromatic nitrogens is 2. The van der Waals surface area contributed by atoms with Crippen molar-refractivity contribution in [1.29, 1.82) is 0 Å². The van der Waals surface area contributed by atoms with Crippen LogP contribution in [0.25, 0.3) is 10.9 Å². The summed E-state index contributed by atoms with van der Waals surface area (Å²) in [6.45, 7) is 2.11. The molecule has 7 nitrogen and oxygen atoms in total. The molecule has 0 aliphatic carbocycles. The molecule has 1 heterocycles. The van der Waals surface area contributed by atoms with Crippen LogP contribution in [0.15, 0.2) is 52.4 Å². The van der Waals surface area contributed by atoms with E-state index in [0.29, 0.717) is 39.1 Å². The third-order valence-corrected chi connectivity index (χ3v) is 5.86. The molecule has 0 unspecified atom stereocenters. The molecule has 2 amide bonds. The number of amides is 2. The SMILES string of the molecule is CCOC(=O)NC(=O)CSc1nc2ccccc2c(=O)n1CCc1ccc(Cl)cc1Cl. The number of thioether (sulfide) groups is 1. The maximum Gasteiger partial charge on any atom is 0.413 e. The zero-order chi connectivity index (χ0) is 22.4. The van der Waals surface area contributed by atoms with Crippen molar-refractivity contribution in [3.8, 4) is 0 Å². The number of imide groups is 1. The summed E-state index contributed by atoms with van der Waals surface area (Å²) >= 11 is 13.3. The van der Waals surface area contributed by atoms with Gasteiger partial charge in [-0.15, -0.1) is 0 Å². The lowest BCUT2D eigenvalue weighted by Gasteiger charge is -2.13. The third kappa shape index (κ3) is 6.00. The highest BCUT2D eigenvalue weighted by atomic mass is 35.5. The zero-order valence-electron chi connectivity index (χ0n) is 16.6. The number of para-hydroxylation sites is 1. The third-order valence-electron chi connectivity index (χ3n) is 4.30. The summed E-state index contributed by atoms with van der Waals surface area (Å²) in [4.78, 5) is 41.1. The molecule has 0 spiro atoms. The van der Waals surface area contributed by atoms with E-state index in [9.17, 15) is 14.4 Å². The van der Waals surface area contributed by atoms with Crippen molar-refractivity contribution in [1.82, 2.24) is 14.9 Å². The van der Waals surface area contributed by atoms with Gasteiger partial charge in [0.2, 0.25) is 5.91 Å². The number of fused-ring (bicyclic) bond motifs is 1. The molecule has 10 heteroatoms. The van der Waals surface area contributed by atoms with Gasteiger partial charge in [0.1, 0.15) is 0 Å². The number of hydrogen-bond donors (Lipinski definition) is 1. The number of benzene rings is 2. The maximum atomic E-state index is 13.1. The van der Waals surface area contributed by atoms with Crippen LogP contribution in [-0.4, -0.2) is 33.9 Å². The van der Waals surface area contributed by atoms with E-state index in [1.807, 2.05) is 6.07 Å². The molecule has 0 bridgehead atoms. The van der Waals surface area contributed by atoms with Gasteiger partial charge in [0.25, 0.3) is 5.56 Å². The zero-order valence-corrected chi connectivity index (χ0v) is 18.9. The Hall–Kier alpha value is -2.55. The Bertz CT molecular complexity index is 1180. The van der Waals surface area contributed by atoms with Gasteiger partial charge in [-0.05, 0) is 43.2 Å². The standard InChI is InChI=1S/C21H19Cl2N3O4S/c1-2-30-21(29)25-18(27)12-31-20-24-17-6-4-3-5-15(17)19(28)26(20)10-9-13-7-8-14(22)11-16(13)23/h3-8,11H,2,9-10,12H2,1H3,(H,25,27,29). The van der Waals surface area contributed by atoms with Gasteiger partial charge in [-0.1, -0.05) is 53.2 Å². The molecule has 0 aliphatic heterocycles. The van der Waals surface area contributed by atoms with Crippen LogP contribution in [0.2, 0.25) is 10.0 Å². The predicted octanol–water partition coefficient (Wildman–Crippen LogP) is 4.31. The lowest BCUT2D eigenvalue weighted by atomic mass is 10.1. The highest BCUT2D eigenvalue weighted by Crippen LogP contribution is 2.23. The van der Waals surface area contributed by atoms with Gasteiger partial charge in [-0.25, -0.2) is 9.78 Å². The molecule has 3 rings (SSSR count). The number of hydrogen-bond acceptors (Lipinski definition) is 6. The Morgan fingerprint density at radius 3 is 2.71 bits per heavy atom. The second kappa shape index (κ2) is 10.7. The Balaban J connectivity index is 1.85. The molecule has 0 aliphatic rings. The molecule has 2 aromatic carbocycles. The number of ether oxygens (including phenoxy) is 1. The van der Waals surface area contributed by atoms with Crippen LogP contribution in [-0.2, 0) is 22.5 Å². The minimum Gasteiger partial charge on any atom is -0.450 e. The molecule has 0 fully saturated rings. The van der Waals surface area contributed by atoms with Crippen molar-refractivity contribution in [3.63, 3.8) is 0 Å². The molecular formula is C21H19Cl2N3O4S. The summed E-state index contributed by atoms with van der Waals surface area (Å²) in [6.07, 6.45) is -0.340. The first-order valence-electron chi connectivity index (χ1n) is 9.42. The van der Waals surface area contributed by atoms with Crippen molar-refractivity contribution in [2.75, 3.05) is 12.4 Å². The fourth-order valence-electron chi connectivity index (χ4n) is 2.86. The Morgan fingerprint density at radius 1 is 1.19 bits per heavy atom. The van der Waals surface area contributed by atoms with Gasteiger partial charge >= 0.3 is 6.09 Å². The van der Waals surface area contributed by atoms with Crippen LogP contribution < -0.4 is 10.9 Å². The molecule has 0 saturated carbocycles. The second-order valence-electron chi connectivity index (χ2n) is 6.41. The minimum absolute atomic E-state index is 0.106. The van der Waals surface area contributed by atoms with Crippen LogP contribution >= 0.6 is 35.0 Å². The molecule has 1 aromatic heterocycles.